The van der Waals surface area contributed by atoms with Crippen molar-refractivity contribution in [3.05, 3.63) is 35.1 Å². The molecule has 2 heterocycles. The normalized spacial score (nSPS) is 23.0. The molecular formula is C24H35N4O5P. The molecule has 1 unspecified atom stereocenters. The lowest BCUT2D eigenvalue weighted by molar-refractivity contribution is -0.128. The molecule has 0 aliphatic carbocycles. The predicted molar refractivity (Wildman–Crippen MR) is 133 cm³/mol. The van der Waals surface area contributed by atoms with Gasteiger partial charge >= 0.3 is 7.52 Å². The molecule has 0 aromatic heterocycles. The average Bonchev–Trinajstić information content (AvgIpc) is 2.95. The van der Waals surface area contributed by atoms with Gasteiger partial charge in [0.1, 0.15) is 17.2 Å². The molecule has 0 radical (unpaired) electrons. The minimum Gasteiger partial charge on any atom is -0.509 e. The Morgan fingerprint density at radius 3 is 2.44 bits per heavy atom. The van der Waals surface area contributed by atoms with Crippen molar-refractivity contribution in [2.75, 3.05) is 13.2 Å². The highest BCUT2D eigenvalue weighted by molar-refractivity contribution is 7.66. The number of aliphatic hydroxyl groups excluding tert-OH is 1. The van der Waals surface area contributed by atoms with Crippen molar-refractivity contribution in [1.29, 1.82) is 0 Å². The van der Waals surface area contributed by atoms with E-state index in [0.717, 1.165) is 6.42 Å². The number of carbonyl (C=O) groups is 2. The number of primary amides is 1. The number of aliphatic hydroxyl groups is 1. The molecule has 186 valence electrons. The highest BCUT2D eigenvalue weighted by Crippen LogP contribution is 2.48. The lowest BCUT2D eigenvalue weighted by atomic mass is 9.84. The van der Waals surface area contributed by atoms with Gasteiger partial charge in [-0.2, -0.15) is 0 Å². The number of fused-ring (bicyclic) bond motifs is 1. The van der Waals surface area contributed by atoms with Gasteiger partial charge in [0, 0.05) is 12.1 Å². The van der Waals surface area contributed by atoms with E-state index in [1.54, 1.807) is 11.8 Å². The van der Waals surface area contributed by atoms with Crippen molar-refractivity contribution >= 4 is 36.2 Å². The number of rotatable bonds is 6. The maximum Gasteiger partial charge on any atom is 0.327 e. The molecule has 10 heteroatoms. The molecule has 0 spiro atoms. The molecule has 0 saturated heterocycles. The van der Waals surface area contributed by atoms with Crippen molar-refractivity contribution in [3.8, 4) is 0 Å². The fourth-order valence-corrected chi connectivity index (χ4v) is 6.01. The third kappa shape index (κ3) is 4.91. The van der Waals surface area contributed by atoms with E-state index < -0.39 is 30.8 Å². The number of aliphatic imine (C=N–C) groups is 1. The van der Waals surface area contributed by atoms with Gasteiger partial charge < -0.3 is 20.3 Å². The van der Waals surface area contributed by atoms with Crippen LogP contribution in [0.15, 0.2) is 34.5 Å². The number of carbonyl (C=O) groups excluding carboxylic acids is 2. The van der Waals surface area contributed by atoms with E-state index in [1.807, 2.05) is 20.8 Å². The summed E-state index contributed by atoms with van der Waals surface area (Å²) in [6, 6.07) is 3.78. The van der Waals surface area contributed by atoms with Gasteiger partial charge in [0.15, 0.2) is 0 Å². The first-order chi connectivity index (χ1) is 15.6. The van der Waals surface area contributed by atoms with Crippen molar-refractivity contribution < 1.29 is 23.8 Å². The second-order valence-electron chi connectivity index (χ2n) is 10.9. The van der Waals surface area contributed by atoms with Crippen molar-refractivity contribution in [2.24, 2.45) is 21.6 Å². The minimum absolute atomic E-state index is 0.0174. The predicted octanol–water partition coefficient (Wildman–Crippen LogP) is 3.78. The number of hydrogen-bond acceptors (Lipinski definition) is 6. The van der Waals surface area contributed by atoms with Gasteiger partial charge in [-0.15, -0.1) is 0 Å². The number of amides is 2. The van der Waals surface area contributed by atoms with E-state index in [2.05, 4.69) is 30.9 Å². The third-order valence-electron chi connectivity index (χ3n) is 5.83. The SMILES string of the molecule is CCO[P@]1(=O)NC(C2=C(O)C(C(C)(C)C)N(CCC(C)(C)C)C2=O)=Nc2cc(C(N)=O)ccc21. The zero-order valence-electron chi connectivity index (χ0n) is 20.9. The summed E-state index contributed by atoms with van der Waals surface area (Å²) in [6.45, 7) is 14.4. The van der Waals surface area contributed by atoms with Crippen LogP contribution in [0.3, 0.4) is 0 Å². The smallest absolute Gasteiger partial charge is 0.327 e. The number of hydrogen-bond donors (Lipinski definition) is 3. The van der Waals surface area contributed by atoms with Gasteiger partial charge in [0.05, 0.1) is 23.6 Å². The Labute approximate surface area is 201 Å². The number of benzene rings is 1. The highest BCUT2D eigenvalue weighted by atomic mass is 31.2. The molecule has 9 nitrogen and oxygen atoms in total. The van der Waals surface area contributed by atoms with Crippen LogP contribution in [0.25, 0.3) is 0 Å². The zero-order valence-corrected chi connectivity index (χ0v) is 21.8. The topological polar surface area (TPSA) is 134 Å². The lowest BCUT2D eigenvalue weighted by Gasteiger charge is -2.36. The molecule has 3 rings (SSSR count). The van der Waals surface area contributed by atoms with Crippen molar-refractivity contribution in [1.82, 2.24) is 9.99 Å². The molecule has 2 amide bonds. The Bertz CT molecular complexity index is 1130. The van der Waals surface area contributed by atoms with Crippen LogP contribution in [0.5, 0.6) is 0 Å². The van der Waals surface area contributed by atoms with Crippen molar-refractivity contribution in [2.45, 2.75) is 60.9 Å². The quantitative estimate of drug-likeness (QED) is 0.520. The summed E-state index contributed by atoms with van der Waals surface area (Å²) >= 11 is 0. The summed E-state index contributed by atoms with van der Waals surface area (Å²) in [5, 5.41) is 14.4. The van der Waals surface area contributed by atoms with Gasteiger partial charge in [0.2, 0.25) is 5.91 Å². The van der Waals surface area contributed by atoms with Crippen LogP contribution < -0.4 is 16.1 Å². The first kappa shape index (κ1) is 26.0. The third-order valence-corrected chi connectivity index (χ3v) is 7.98. The first-order valence-corrected chi connectivity index (χ1v) is 13.0. The Morgan fingerprint density at radius 1 is 1.26 bits per heavy atom. The standard InChI is InChI=1S/C24H35N4O5P/c1-8-33-34(32)16-10-9-14(20(25)30)13-15(16)26-21(27-34)17-18(29)19(24(5,6)7)28(22(17)31)12-11-23(2,3)4/h9-10,13,19,29H,8,11-12H2,1-7H3,(H2,25,30)(H,26,27,32)/t19?,34-/m0/s1. The summed E-state index contributed by atoms with van der Waals surface area (Å²) in [6.07, 6.45) is 0.730. The van der Waals surface area contributed by atoms with E-state index in [9.17, 15) is 19.3 Å². The molecule has 0 fully saturated rings. The molecule has 0 bridgehead atoms. The van der Waals surface area contributed by atoms with Gasteiger partial charge in [-0.25, -0.2) is 4.99 Å². The first-order valence-electron chi connectivity index (χ1n) is 11.4. The number of nitrogens with zero attached hydrogens (tertiary/aromatic N) is 2. The monoisotopic (exact) mass is 490 g/mol. The molecule has 4 N–H and O–H groups in total. The second kappa shape index (κ2) is 8.86. The average molecular weight is 491 g/mol. The van der Waals surface area contributed by atoms with E-state index >= 15 is 0 Å². The number of amidine groups is 1. The van der Waals surface area contributed by atoms with E-state index in [0.29, 0.717) is 6.54 Å². The maximum atomic E-state index is 13.8. The van der Waals surface area contributed by atoms with Crippen LogP contribution >= 0.6 is 7.52 Å². The van der Waals surface area contributed by atoms with E-state index in [-0.39, 0.29) is 45.7 Å². The van der Waals surface area contributed by atoms with Gasteiger partial charge in [-0.3, -0.25) is 19.2 Å². The summed E-state index contributed by atoms with van der Waals surface area (Å²) in [5.74, 6) is -1.23. The van der Waals surface area contributed by atoms with Crippen molar-refractivity contribution in [3.63, 3.8) is 0 Å². The zero-order chi connectivity index (χ0) is 25.6. The molecule has 2 aliphatic rings. The van der Waals surface area contributed by atoms with Crippen LogP contribution in [-0.2, 0) is 13.9 Å². The molecule has 1 aromatic rings. The van der Waals surface area contributed by atoms with Gasteiger partial charge in [0.25, 0.3) is 5.91 Å². The molecule has 34 heavy (non-hydrogen) atoms. The molecule has 2 atom stereocenters. The van der Waals surface area contributed by atoms with Crippen LogP contribution in [0, 0.1) is 10.8 Å². The molecular weight excluding hydrogens is 455 g/mol. The molecule has 1 aromatic carbocycles. The Hall–Kier alpha value is -2.64. The summed E-state index contributed by atoms with van der Waals surface area (Å²) in [4.78, 5) is 31.5. The maximum absolute atomic E-state index is 13.8. The van der Waals surface area contributed by atoms with Gasteiger partial charge in [-0.05, 0) is 42.4 Å². The Balaban J connectivity index is 2.15. The molecule has 2 aliphatic heterocycles. The van der Waals surface area contributed by atoms with Crippen LogP contribution in [0.2, 0.25) is 0 Å². The van der Waals surface area contributed by atoms with Gasteiger partial charge in [-0.1, -0.05) is 41.5 Å². The minimum atomic E-state index is -3.69. The van der Waals surface area contributed by atoms with Crippen LogP contribution in [0.4, 0.5) is 5.69 Å². The van der Waals surface area contributed by atoms with Crippen LogP contribution in [-0.4, -0.2) is 46.8 Å². The second-order valence-corrected chi connectivity index (χ2v) is 13.0. The number of nitrogens with one attached hydrogen (secondary N) is 1. The van der Waals surface area contributed by atoms with Crippen LogP contribution in [0.1, 0.15) is 65.2 Å². The number of nitrogens with two attached hydrogens (primary N) is 1. The fourth-order valence-electron chi connectivity index (χ4n) is 4.20. The highest BCUT2D eigenvalue weighted by Gasteiger charge is 2.49. The molecule has 0 saturated carbocycles. The van der Waals surface area contributed by atoms with E-state index in [4.69, 9.17) is 10.3 Å². The lowest BCUT2D eigenvalue weighted by Crippen LogP contribution is -2.45. The van der Waals surface area contributed by atoms with E-state index in [1.165, 1.54) is 18.2 Å². The summed E-state index contributed by atoms with van der Waals surface area (Å²) in [7, 11) is -3.69. The summed E-state index contributed by atoms with van der Waals surface area (Å²) < 4.78 is 19.4. The fraction of sp³-hybridized carbons (Fsp3) is 0.542. The summed E-state index contributed by atoms with van der Waals surface area (Å²) in [5.41, 5.74) is 5.28. The Kier molecular flexibility index (Phi) is 6.77. The largest absolute Gasteiger partial charge is 0.509 e. The Morgan fingerprint density at radius 2 is 1.91 bits per heavy atom.